The molecule has 0 aliphatic carbocycles. The zero-order chi connectivity index (χ0) is 31.4. The molecule has 232 valence electrons. The molecule has 0 amide bonds. The first-order valence-corrected chi connectivity index (χ1v) is 19.2. The molecule has 2 aromatic heterocycles. The van der Waals surface area contributed by atoms with Crippen LogP contribution in [0.25, 0.3) is 11.2 Å². The van der Waals surface area contributed by atoms with E-state index in [0.717, 1.165) is 22.3 Å². The van der Waals surface area contributed by atoms with Gasteiger partial charge in [-0.3, -0.25) is 4.57 Å². The second-order valence-electron chi connectivity index (χ2n) is 11.5. The quantitative estimate of drug-likeness (QED) is 0.140. The smallest absolute Gasteiger partial charge is 0.192 e. The van der Waals surface area contributed by atoms with E-state index in [-0.39, 0.29) is 6.35 Å². The van der Waals surface area contributed by atoms with E-state index >= 15 is 4.39 Å². The van der Waals surface area contributed by atoms with E-state index in [1.807, 2.05) is 54.6 Å². The maximum absolute atomic E-state index is 15.3. The van der Waals surface area contributed by atoms with Crippen molar-refractivity contribution in [2.45, 2.75) is 32.8 Å². The molecule has 0 saturated heterocycles. The molecule has 3 heterocycles. The molecule has 6 rings (SSSR count). The van der Waals surface area contributed by atoms with Crippen molar-refractivity contribution in [2.24, 2.45) is 10.7 Å². The molecule has 0 N–H and O–H groups in total. The Balaban J connectivity index is 1.40. The fraction of sp³-hybridized carbons (Fsp3) is 0.265. The maximum Gasteiger partial charge on any atom is 0.192 e. The second-order valence-corrected chi connectivity index (χ2v) is 17.7. The summed E-state index contributed by atoms with van der Waals surface area (Å²) >= 11 is 0. The molecule has 0 radical (unpaired) electrons. The lowest BCUT2D eigenvalue weighted by atomic mass is 10.2. The second kappa shape index (κ2) is 13.3. The highest BCUT2D eigenvalue weighted by molar-refractivity contribution is 7.87. The fourth-order valence-corrected chi connectivity index (χ4v) is 11.2. The Labute approximate surface area is 262 Å². The molecule has 0 spiro atoms. The van der Waals surface area contributed by atoms with Gasteiger partial charge in [-0.15, -0.1) is 0 Å². The van der Waals surface area contributed by atoms with E-state index in [4.69, 9.17) is 14.2 Å². The van der Waals surface area contributed by atoms with Crippen molar-refractivity contribution < 1.29 is 18.4 Å². The van der Waals surface area contributed by atoms with Crippen molar-refractivity contribution in [3.8, 4) is 0 Å². The first kappa shape index (κ1) is 31.3. The van der Waals surface area contributed by atoms with Crippen LogP contribution in [-0.2, 0) is 14.0 Å². The summed E-state index contributed by atoms with van der Waals surface area (Å²) in [4.78, 5) is 13.7. The van der Waals surface area contributed by atoms with Gasteiger partial charge in [0.1, 0.15) is 19.8 Å². The largest absolute Gasteiger partial charge is 0.341 e. The summed E-state index contributed by atoms with van der Waals surface area (Å²) < 4.78 is 47.1. The molecule has 5 aromatic rings. The monoisotopic (exact) mass is 643 g/mol. The standard InChI is InChI=1S/C34H36FN5O3P2/c1-4-25(2)21-44(3,41)24-42-30-20-29(35)34(43-30)40-23-38-31-32(36-22-37-33(31)40)39-45(26-14-8-5-9-15-26,27-16-10-6-11-17-27)28-18-12-7-13-19-28/h5-20,22-23,25,30,34H,4,21,24H2,1-3H3/t25-,30?,34+,44-/m0/s1. The van der Waals surface area contributed by atoms with E-state index in [1.165, 1.54) is 23.3 Å². The van der Waals surface area contributed by atoms with Crippen LogP contribution in [0.5, 0.6) is 0 Å². The first-order valence-electron chi connectivity index (χ1n) is 15.0. The molecule has 8 nitrogen and oxygen atoms in total. The number of halogens is 1. The predicted molar refractivity (Wildman–Crippen MR) is 179 cm³/mol. The molecule has 4 atom stereocenters. The fourth-order valence-electron chi connectivity index (χ4n) is 5.58. The van der Waals surface area contributed by atoms with Gasteiger partial charge >= 0.3 is 0 Å². The topological polar surface area (TPSA) is 91.5 Å². The van der Waals surface area contributed by atoms with Crippen LogP contribution < -0.4 is 15.9 Å². The minimum absolute atomic E-state index is 0.0125. The lowest BCUT2D eigenvalue weighted by Crippen LogP contribution is -2.25. The van der Waals surface area contributed by atoms with Crippen LogP contribution in [0.4, 0.5) is 10.2 Å². The van der Waals surface area contributed by atoms with Crippen molar-refractivity contribution in [2.75, 3.05) is 19.2 Å². The Morgan fingerprint density at radius 3 is 2.07 bits per heavy atom. The minimum atomic E-state index is -2.63. The van der Waals surface area contributed by atoms with Gasteiger partial charge in [0.15, 0.2) is 35.3 Å². The zero-order valence-corrected chi connectivity index (χ0v) is 27.3. The molecule has 1 unspecified atom stereocenters. The van der Waals surface area contributed by atoms with Gasteiger partial charge in [-0.05, 0) is 12.6 Å². The molecule has 0 saturated carbocycles. The third-order valence-corrected chi connectivity index (χ3v) is 13.6. The summed E-state index contributed by atoms with van der Waals surface area (Å²) in [6, 6.07) is 30.6. The van der Waals surface area contributed by atoms with Gasteiger partial charge in [0.05, 0.1) is 13.4 Å². The first-order chi connectivity index (χ1) is 21.8. The van der Waals surface area contributed by atoms with Gasteiger partial charge in [0, 0.05) is 28.2 Å². The van der Waals surface area contributed by atoms with Gasteiger partial charge in [-0.25, -0.2) is 24.1 Å². The van der Waals surface area contributed by atoms with Gasteiger partial charge in [-0.2, -0.15) is 0 Å². The number of hydrogen-bond donors (Lipinski definition) is 0. The van der Waals surface area contributed by atoms with Crippen LogP contribution >= 0.6 is 14.2 Å². The summed E-state index contributed by atoms with van der Waals surface area (Å²) in [5, 5.41) is 3.18. The summed E-state index contributed by atoms with van der Waals surface area (Å²) in [5.41, 5.74) is 0.806. The predicted octanol–water partition coefficient (Wildman–Crippen LogP) is 7.36. The summed E-state index contributed by atoms with van der Waals surface area (Å²) in [6.07, 6.45) is 3.58. The summed E-state index contributed by atoms with van der Waals surface area (Å²) in [5.74, 6) is 0.178. The van der Waals surface area contributed by atoms with Gasteiger partial charge in [0.2, 0.25) is 0 Å². The van der Waals surface area contributed by atoms with E-state index < -0.39 is 32.5 Å². The number of nitrogens with zero attached hydrogens (tertiary/aromatic N) is 5. The van der Waals surface area contributed by atoms with E-state index in [1.54, 1.807) is 6.66 Å². The van der Waals surface area contributed by atoms with Gasteiger partial charge in [-0.1, -0.05) is 111 Å². The summed E-state index contributed by atoms with van der Waals surface area (Å²) in [6.45, 7) is 5.86. The van der Waals surface area contributed by atoms with Crippen LogP contribution in [0.1, 0.15) is 26.5 Å². The maximum atomic E-state index is 15.3. The number of fused-ring (bicyclic) bond motifs is 1. The average Bonchev–Trinajstić information content (AvgIpc) is 3.67. The molecular weight excluding hydrogens is 607 g/mol. The highest BCUT2D eigenvalue weighted by atomic mass is 31.2. The molecule has 11 heteroatoms. The van der Waals surface area contributed by atoms with Crippen molar-refractivity contribution in [3.05, 3.63) is 116 Å². The van der Waals surface area contributed by atoms with E-state index in [2.05, 4.69) is 65.2 Å². The Kier molecular flexibility index (Phi) is 9.25. The zero-order valence-electron chi connectivity index (χ0n) is 25.5. The van der Waals surface area contributed by atoms with Crippen LogP contribution in [0.3, 0.4) is 0 Å². The number of hydrogen-bond acceptors (Lipinski definition) is 7. The number of imidazole rings is 1. The molecule has 3 aromatic carbocycles. The van der Waals surface area contributed by atoms with E-state index in [0.29, 0.717) is 29.1 Å². The third-order valence-electron chi connectivity index (χ3n) is 7.93. The molecule has 1 aliphatic rings. The number of rotatable bonds is 11. The Morgan fingerprint density at radius 2 is 1.51 bits per heavy atom. The van der Waals surface area contributed by atoms with Crippen molar-refractivity contribution in [1.29, 1.82) is 0 Å². The highest BCUT2D eigenvalue weighted by Gasteiger charge is 2.34. The van der Waals surface area contributed by atoms with Crippen LogP contribution in [-0.4, -0.2) is 45.0 Å². The van der Waals surface area contributed by atoms with Crippen molar-refractivity contribution in [3.63, 3.8) is 0 Å². The van der Waals surface area contributed by atoms with Crippen molar-refractivity contribution in [1.82, 2.24) is 19.5 Å². The van der Waals surface area contributed by atoms with Crippen LogP contribution in [0.15, 0.2) is 120 Å². The molecule has 0 fully saturated rings. The van der Waals surface area contributed by atoms with Gasteiger partial charge < -0.3 is 14.0 Å². The molecule has 0 bridgehead atoms. The number of aromatic nitrogens is 4. The minimum Gasteiger partial charge on any atom is -0.341 e. The molecule has 45 heavy (non-hydrogen) atoms. The molecular formula is C34H36FN5O3P2. The lowest BCUT2D eigenvalue weighted by molar-refractivity contribution is -0.128. The van der Waals surface area contributed by atoms with Crippen molar-refractivity contribution >= 4 is 47.1 Å². The number of ether oxygens (including phenoxy) is 2. The Bertz CT molecular complexity index is 1800. The SMILES string of the molecule is CC[C@H](C)C[P@](C)(=O)COC1C=C(F)[C@H](n2cnc3c(N=P(c4ccccc4)(c4ccccc4)c4ccccc4)ncnc32)O1. The highest BCUT2D eigenvalue weighted by Crippen LogP contribution is 2.50. The normalized spacial score (nSPS) is 18.8. The van der Waals surface area contributed by atoms with Crippen LogP contribution in [0, 0.1) is 5.92 Å². The van der Waals surface area contributed by atoms with Gasteiger partial charge in [0.25, 0.3) is 0 Å². The lowest BCUT2D eigenvalue weighted by Gasteiger charge is -2.26. The Morgan fingerprint density at radius 1 is 0.933 bits per heavy atom. The Hall–Kier alpha value is -3.74. The number of benzene rings is 3. The van der Waals surface area contributed by atoms with Crippen LogP contribution in [0.2, 0.25) is 0 Å². The summed E-state index contributed by atoms with van der Waals surface area (Å²) in [7, 11) is -5.20. The molecule has 1 aliphatic heterocycles. The average molecular weight is 644 g/mol. The third kappa shape index (κ3) is 6.49. The van der Waals surface area contributed by atoms with E-state index in [9.17, 15) is 4.57 Å².